The standard InChI is InChI=1S/C13H9F2NOS/c14-11-6-5-10(7-12(11)15)17-9-3-1-8(2-4-9)13(16)18/h1-7H,(H2,16,18). The molecule has 0 saturated carbocycles. The van der Waals surface area contributed by atoms with Crippen molar-refractivity contribution in [2.45, 2.75) is 0 Å². The lowest BCUT2D eigenvalue weighted by molar-refractivity contribution is 0.461. The Labute approximate surface area is 108 Å². The van der Waals surface area contributed by atoms with E-state index in [2.05, 4.69) is 0 Å². The van der Waals surface area contributed by atoms with E-state index in [1.54, 1.807) is 24.3 Å². The van der Waals surface area contributed by atoms with Crippen LogP contribution in [0.25, 0.3) is 0 Å². The molecule has 0 unspecified atom stereocenters. The third-order valence-electron chi connectivity index (χ3n) is 2.27. The van der Waals surface area contributed by atoms with Crippen LogP contribution in [-0.2, 0) is 0 Å². The van der Waals surface area contributed by atoms with Crippen LogP contribution in [0, 0.1) is 11.6 Å². The zero-order valence-corrected chi connectivity index (χ0v) is 10.0. The summed E-state index contributed by atoms with van der Waals surface area (Å²) in [5, 5.41) is 0. The highest BCUT2D eigenvalue weighted by molar-refractivity contribution is 7.80. The molecule has 0 amide bonds. The lowest BCUT2D eigenvalue weighted by atomic mass is 10.2. The first kappa shape index (κ1) is 12.4. The number of nitrogens with two attached hydrogens (primary N) is 1. The summed E-state index contributed by atoms with van der Waals surface area (Å²) in [6.07, 6.45) is 0. The van der Waals surface area contributed by atoms with Gasteiger partial charge in [-0.1, -0.05) is 12.2 Å². The van der Waals surface area contributed by atoms with Gasteiger partial charge in [0.1, 0.15) is 16.5 Å². The molecule has 0 aliphatic rings. The fourth-order valence-electron chi connectivity index (χ4n) is 1.36. The van der Waals surface area contributed by atoms with Gasteiger partial charge < -0.3 is 10.5 Å². The average molecular weight is 265 g/mol. The van der Waals surface area contributed by atoms with E-state index in [-0.39, 0.29) is 10.7 Å². The highest BCUT2D eigenvalue weighted by Crippen LogP contribution is 2.23. The molecule has 0 spiro atoms. The summed E-state index contributed by atoms with van der Waals surface area (Å²) in [7, 11) is 0. The molecule has 0 heterocycles. The molecule has 0 aromatic heterocycles. The molecule has 2 nitrogen and oxygen atoms in total. The fourth-order valence-corrected chi connectivity index (χ4v) is 1.50. The van der Waals surface area contributed by atoms with Gasteiger partial charge in [-0.25, -0.2) is 8.78 Å². The maximum atomic E-state index is 13.0. The van der Waals surface area contributed by atoms with Crippen LogP contribution in [0.1, 0.15) is 5.56 Å². The van der Waals surface area contributed by atoms with Gasteiger partial charge in [-0.15, -0.1) is 0 Å². The topological polar surface area (TPSA) is 35.2 Å². The van der Waals surface area contributed by atoms with Crippen molar-refractivity contribution in [1.29, 1.82) is 0 Å². The van der Waals surface area contributed by atoms with Crippen molar-refractivity contribution >= 4 is 17.2 Å². The van der Waals surface area contributed by atoms with Crippen molar-refractivity contribution in [3.8, 4) is 11.5 Å². The molecular weight excluding hydrogens is 256 g/mol. The van der Waals surface area contributed by atoms with Gasteiger partial charge >= 0.3 is 0 Å². The number of halogens is 2. The van der Waals surface area contributed by atoms with E-state index in [9.17, 15) is 8.78 Å². The van der Waals surface area contributed by atoms with E-state index in [1.807, 2.05) is 0 Å². The monoisotopic (exact) mass is 265 g/mol. The van der Waals surface area contributed by atoms with Crippen LogP contribution >= 0.6 is 12.2 Å². The molecule has 2 N–H and O–H groups in total. The minimum absolute atomic E-state index is 0.219. The second kappa shape index (κ2) is 5.10. The van der Waals surface area contributed by atoms with E-state index in [0.29, 0.717) is 11.3 Å². The van der Waals surface area contributed by atoms with E-state index >= 15 is 0 Å². The summed E-state index contributed by atoms with van der Waals surface area (Å²) in [4.78, 5) is 0.286. The Morgan fingerprint density at radius 2 is 1.56 bits per heavy atom. The van der Waals surface area contributed by atoms with Crippen LogP contribution in [0.15, 0.2) is 42.5 Å². The maximum absolute atomic E-state index is 13.0. The molecule has 18 heavy (non-hydrogen) atoms. The van der Waals surface area contributed by atoms with Crippen molar-refractivity contribution in [2.24, 2.45) is 5.73 Å². The normalized spacial score (nSPS) is 10.1. The smallest absolute Gasteiger partial charge is 0.162 e. The number of hydrogen-bond donors (Lipinski definition) is 1. The summed E-state index contributed by atoms with van der Waals surface area (Å²) in [5.74, 6) is -1.16. The van der Waals surface area contributed by atoms with Crippen LogP contribution in [0.5, 0.6) is 11.5 Å². The quantitative estimate of drug-likeness (QED) is 0.864. The van der Waals surface area contributed by atoms with Crippen molar-refractivity contribution in [1.82, 2.24) is 0 Å². The van der Waals surface area contributed by atoms with Gasteiger partial charge in [0.15, 0.2) is 11.6 Å². The molecule has 0 fully saturated rings. The summed E-state index contributed by atoms with van der Waals surface area (Å²) in [6, 6.07) is 10.0. The molecule has 92 valence electrons. The van der Waals surface area contributed by atoms with Gasteiger partial charge in [0.2, 0.25) is 0 Å². The predicted molar refractivity (Wildman–Crippen MR) is 68.8 cm³/mol. The average Bonchev–Trinajstić information content (AvgIpc) is 2.34. The van der Waals surface area contributed by atoms with Crippen LogP contribution in [0.3, 0.4) is 0 Å². The number of hydrogen-bond acceptors (Lipinski definition) is 2. The Morgan fingerprint density at radius 1 is 0.944 bits per heavy atom. The first-order chi connectivity index (χ1) is 8.56. The highest BCUT2D eigenvalue weighted by Gasteiger charge is 2.04. The molecule has 0 atom stereocenters. The van der Waals surface area contributed by atoms with E-state index in [1.165, 1.54) is 6.07 Å². The van der Waals surface area contributed by atoms with Gasteiger partial charge in [0.25, 0.3) is 0 Å². The Morgan fingerprint density at radius 3 is 2.11 bits per heavy atom. The van der Waals surface area contributed by atoms with Crippen molar-refractivity contribution in [2.75, 3.05) is 0 Å². The number of ether oxygens (including phenoxy) is 1. The van der Waals surface area contributed by atoms with Gasteiger partial charge in [-0.2, -0.15) is 0 Å². The summed E-state index contributed by atoms with van der Waals surface area (Å²) in [6.45, 7) is 0. The molecule has 0 aliphatic heterocycles. The lowest BCUT2D eigenvalue weighted by Gasteiger charge is -2.06. The van der Waals surface area contributed by atoms with Gasteiger partial charge in [0, 0.05) is 11.6 Å². The molecule has 0 radical (unpaired) electrons. The Hall–Kier alpha value is -2.01. The summed E-state index contributed by atoms with van der Waals surface area (Å²) >= 11 is 4.81. The SMILES string of the molecule is NC(=S)c1ccc(Oc2ccc(F)c(F)c2)cc1. The number of benzene rings is 2. The Kier molecular flexibility index (Phi) is 3.53. The largest absolute Gasteiger partial charge is 0.457 e. The third kappa shape index (κ3) is 2.81. The summed E-state index contributed by atoms with van der Waals surface area (Å²) < 4.78 is 31.0. The van der Waals surface area contributed by atoms with E-state index in [4.69, 9.17) is 22.7 Å². The molecule has 2 rings (SSSR count). The first-order valence-electron chi connectivity index (χ1n) is 5.09. The van der Waals surface area contributed by atoms with Gasteiger partial charge in [-0.3, -0.25) is 0 Å². The van der Waals surface area contributed by atoms with Crippen LogP contribution < -0.4 is 10.5 Å². The van der Waals surface area contributed by atoms with E-state index < -0.39 is 11.6 Å². The second-order valence-electron chi connectivity index (χ2n) is 3.57. The minimum Gasteiger partial charge on any atom is -0.457 e. The molecule has 2 aromatic rings. The van der Waals surface area contributed by atoms with Crippen LogP contribution in [0.4, 0.5) is 8.78 Å². The molecule has 5 heteroatoms. The van der Waals surface area contributed by atoms with Gasteiger partial charge in [-0.05, 0) is 36.4 Å². The second-order valence-corrected chi connectivity index (χ2v) is 4.01. The Bertz CT molecular complexity index is 584. The number of rotatable bonds is 3. The van der Waals surface area contributed by atoms with Crippen LogP contribution in [-0.4, -0.2) is 4.99 Å². The molecule has 2 aromatic carbocycles. The molecular formula is C13H9F2NOS. The number of thiocarbonyl (C=S) groups is 1. The van der Waals surface area contributed by atoms with Gasteiger partial charge in [0.05, 0.1) is 0 Å². The third-order valence-corrected chi connectivity index (χ3v) is 2.50. The van der Waals surface area contributed by atoms with E-state index in [0.717, 1.165) is 12.1 Å². The van der Waals surface area contributed by atoms with Crippen molar-refractivity contribution < 1.29 is 13.5 Å². The highest BCUT2D eigenvalue weighted by atomic mass is 32.1. The van der Waals surface area contributed by atoms with Crippen molar-refractivity contribution in [3.63, 3.8) is 0 Å². The summed E-state index contributed by atoms with van der Waals surface area (Å²) in [5.41, 5.74) is 6.16. The molecule has 0 bridgehead atoms. The molecule has 0 aliphatic carbocycles. The lowest BCUT2D eigenvalue weighted by Crippen LogP contribution is -2.08. The van der Waals surface area contributed by atoms with Crippen LogP contribution in [0.2, 0.25) is 0 Å². The first-order valence-corrected chi connectivity index (χ1v) is 5.50. The zero-order chi connectivity index (χ0) is 13.1. The minimum atomic E-state index is -0.952. The predicted octanol–water partition coefficient (Wildman–Crippen LogP) is 3.39. The maximum Gasteiger partial charge on any atom is 0.162 e. The zero-order valence-electron chi connectivity index (χ0n) is 9.19. The Balaban J connectivity index is 2.18. The molecule has 0 saturated heterocycles. The van der Waals surface area contributed by atoms with Crippen molar-refractivity contribution in [3.05, 3.63) is 59.7 Å². The fraction of sp³-hybridized carbons (Fsp3) is 0.